The van der Waals surface area contributed by atoms with E-state index < -0.39 is 0 Å². The summed E-state index contributed by atoms with van der Waals surface area (Å²) in [7, 11) is 1.76. The molecule has 98 valence electrons. The third-order valence-corrected chi connectivity index (χ3v) is 2.85. The molecule has 0 atom stereocenters. The van der Waals surface area contributed by atoms with Crippen molar-refractivity contribution in [1.29, 1.82) is 0 Å². The van der Waals surface area contributed by atoms with Crippen molar-refractivity contribution >= 4 is 17.3 Å². The molecular formula is C15H16N2O2. The Hall–Kier alpha value is -2.49. The van der Waals surface area contributed by atoms with Crippen LogP contribution in [0.3, 0.4) is 0 Å². The van der Waals surface area contributed by atoms with Gasteiger partial charge in [0.15, 0.2) is 0 Å². The maximum atomic E-state index is 12.0. The van der Waals surface area contributed by atoms with Crippen molar-refractivity contribution in [2.45, 2.75) is 6.92 Å². The zero-order valence-corrected chi connectivity index (χ0v) is 10.9. The molecule has 0 fully saturated rings. The molecule has 0 spiro atoms. The number of phenolic OH excluding ortho intramolecular Hbond substituents is 1. The summed E-state index contributed by atoms with van der Waals surface area (Å²) in [5.41, 5.74) is 2.83. The minimum atomic E-state index is -0.243. The SMILES string of the molecule is CNc1ccc(NC(=O)c2ccc(C)cc2)c(O)c1. The molecule has 0 aliphatic heterocycles. The van der Waals surface area contributed by atoms with E-state index in [4.69, 9.17) is 0 Å². The monoisotopic (exact) mass is 256 g/mol. The molecule has 4 heteroatoms. The van der Waals surface area contributed by atoms with Gasteiger partial charge in [0.05, 0.1) is 5.69 Å². The Morgan fingerprint density at radius 1 is 1.11 bits per heavy atom. The van der Waals surface area contributed by atoms with Crippen LogP contribution >= 0.6 is 0 Å². The van der Waals surface area contributed by atoms with Crippen molar-refractivity contribution in [2.75, 3.05) is 17.7 Å². The van der Waals surface area contributed by atoms with Crippen LogP contribution in [0.2, 0.25) is 0 Å². The topological polar surface area (TPSA) is 61.4 Å². The number of nitrogens with one attached hydrogen (secondary N) is 2. The number of phenols is 1. The van der Waals surface area contributed by atoms with Gasteiger partial charge in [-0.05, 0) is 31.2 Å². The molecule has 0 bridgehead atoms. The maximum absolute atomic E-state index is 12.0. The molecule has 0 aromatic heterocycles. The second kappa shape index (κ2) is 5.44. The van der Waals surface area contributed by atoms with E-state index in [1.54, 1.807) is 37.4 Å². The number of anilines is 2. The second-order valence-electron chi connectivity index (χ2n) is 4.30. The van der Waals surface area contributed by atoms with Gasteiger partial charge in [-0.3, -0.25) is 4.79 Å². The normalized spacial score (nSPS) is 10.0. The molecule has 0 saturated heterocycles. The molecule has 19 heavy (non-hydrogen) atoms. The average Bonchev–Trinajstić information content (AvgIpc) is 2.41. The van der Waals surface area contributed by atoms with E-state index in [-0.39, 0.29) is 11.7 Å². The minimum absolute atomic E-state index is 0.0345. The van der Waals surface area contributed by atoms with E-state index in [9.17, 15) is 9.90 Å². The van der Waals surface area contributed by atoms with Gasteiger partial charge in [-0.2, -0.15) is 0 Å². The lowest BCUT2D eigenvalue weighted by molar-refractivity contribution is 0.102. The highest BCUT2D eigenvalue weighted by Crippen LogP contribution is 2.26. The molecule has 0 aliphatic rings. The van der Waals surface area contributed by atoms with Crippen LogP contribution in [0.1, 0.15) is 15.9 Å². The number of carbonyl (C=O) groups excluding carboxylic acids is 1. The first-order valence-corrected chi connectivity index (χ1v) is 5.99. The Balaban J connectivity index is 2.17. The number of carbonyl (C=O) groups is 1. The first kappa shape index (κ1) is 13.0. The summed E-state index contributed by atoms with van der Waals surface area (Å²) in [6.45, 7) is 1.96. The van der Waals surface area contributed by atoms with Crippen LogP contribution in [0.15, 0.2) is 42.5 Å². The van der Waals surface area contributed by atoms with Crippen LogP contribution in [0.25, 0.3) is 0 Å². The third kappa shape index (κ3) is 3.04. The number of hydrogen-bond acceptors (Lipinski definition) is 3. The van der Waals surface area contributed by atoms with Gasteiger partial charge in [0.1, 0.15) is 5.75 Å². The van der Waals surface area contributed by atoms with E-state index in [2.05, 4.69) is 10.6 Å². The number of aromatic hydroxyl groups is 1. The number of aryl methyl sites for hydroxylation is 1. The molecule has 0 radical (unpaired) electrons. The number of amides is 1. The predicted octanol–water partition coefficient (Wildman–Crippen LogP) is 2.99. The van der Waals surface area contributed by atoms with Gasteiger partial charge < -0.3 is 15.7 Å². The van der Waals surface area contributed by atoms with E-state index in [1.165, 1.54) is 0 Å². The van der Waals surface area contributed by atoms with Gasteiger partial charge >= 0.3 is 0 Å². The van der Waals surface area contributed by atoms with Gasteiger partial charge in [-0.1, -0.05) is 17.7 Å². The zero-order chi connectivity index (χ0) is 13.8. The number of benzene rings is 2. The Kier molecular flexibility index (Phi) is 3.71. The Morgan fingerprint density at radius 2 is 1.79 bits per heavy atom. The maximum Gasteiger partial charge on any atom is 0.255 e. The van der Waals surface area contributed by atoms with Gasteiger partial charge in [0.2, 0.25) is 0 Å². The molecule has 0 aliphatic carbocycles. The predicted molar refractivity (Wildman–Crippen MR) is 76.8 cm³/mol. The quantitative estimate of drug-likeness (QED) is 0.740. The second-order valence-corrected chi connectivity index (χ2v) is 4.30. The van der Waals surface area contributed by atoms with E-state index in [0.29, 0.717) is 11.3 Å². The molecule has 0 heterocycles. The van der Waals surface area contributed by atoms with E-state index in [0.717, 1.165) is 11.3 Å². The molecule has 2 aromatic rings. The lowest BCUT2D eigenvalue weighted by atomic mass is 10.1. The summed E-state index contributed by atoms with van der Waals surface area (Å²) in [4.78, 5) is 12.0. The van der Waals surface area contributed by atoms with Gasteiger partial charge in [0.25, 0.3) is 5.91 Å². The van der Waals surface area contributed by atoms with Crippen LogP contribution in [0.4, 0.5) is 11.4 Å². The molecule has 2 rings (SSSR count). The van der Waals surface area contributed by atoms with Crippen molar-refractivity contribution in [1.82, 2.24) is 0 Å². The Labute approximate surface area is 112 Å². The average molecular weight is 256 g/mol. The lowest BCUT2D eigenvalue weighted by Crippen LogP contribution is -2.11. The highest BCUT2D eigenvalue weighted by atomic mass is 16.3. The Bertz CT molecular complexity index is 592. The van der Waals surface area contributed by atoms with Crippen molar-refractivity contribution in [2.24, 2.45) is 0 Å². The summed E-state index contributed by atoms with van der Waals surface area (Å²) < 4.78 is 0. The fraction of sp³-hybridized carbons (Fsp3) is 0.133. The first-order valence-electron chi connectivity index (χ1n) is 5.99. The van der Waals surface area contributed by atoms with Gasteiger partial charge in [-0.15, -0.1) is 0 Å². The number of rotatable bonds is 3. The fourth-order valence-corrected chi connectivity index (χ4v) is 1.69. The summed E-state index contributed by atoms with van der Waals surface area (Å²) >= 11 is 0. The summed E-state index contributed by atoms with van der Waals surface area (Å²) in [6, 6.07) is 12.3. The summed E-state index contributed by atoms with van der Waals surface area (Å²) in [6.07, 6.45) is 0. The van der Waals surface area contributed by atoms with Crippen LogP contribution in [-0.2, 0) is 0 Å². The van der Waals surface area contributed by atoms with Crippen molar-refractivity contribution in [3.05, 3.63) is 53.6 Å². The molecule has 4 nitrogen and oxygen atoms in total. The lowest BCUT2D eigenvalue weighted by Gasteiger charge is -2.09. The van der Waals surface area contributed by atoms with Crippen molar-refractivity contribution < 1.29 is 9.90 Å². The molecule has 1 amide bonds. The van der Waals surface area contributed by atoms with Crippen molar-refractivity contribution in [3.63, 3.8) is 0 Å². The highest BCUT2D eigenvalue weighted by Gasteiger charge is 2.08. The Morgan fingerprint density at radius 3 is 2.37 bits per heavy atom. The molecule has 0 unspecified atom stereocenters. The van der Waals surface area contributed by atoms with E-state index >= 15 is 0 Å². The summed E-state index contributed by atoms with van der Waals surface area (Å²) in [5, 5.41) is 15.4. The van der Waals surface area contributed by atoms with Crippen molar-refractivity contribution in [3.8, 4) is 5.75 Å². The van der Waals surface area contributed by atoms with Crippen LogP contribution in [0, 0.1) is 6.92 Å². The fourth-order valence-electron chi connectivity index (χ4n) is 1.69. The van der Waals surface area contributed by atoms with Gasteiger partial charge in [0, 0.05) is 24.4 Å². The molecule has 0 saturated carbocycles. The molecular weight excluding hydrogens is 240 g/mol. The standard InChI is InChI=1S/C15H16N2O2/c1-10-3-5-11(6-4-10)15(19)17-13-8-7-12(16-2)9-14(13)18/h3-9,16,18H,1-2H3,(H,17,19). The third-order valence-electron chi connectivity index (χ3n) is 2.85. The van der Waals surface area contributed by atoms with Crippen LogP contribution in [0.5, 0.6) is 5.75 Å². The van der Waals surface area contributed by atoms with Gasteiger partial charge in [-0.25, -0.2) is 0 Å². The zero-order valence-electron chi connectivity index (χ0n) is 10.9. The molecule has 3 N–H and O–H groups in total. The van der Waals surface area contributed by atoms with E-state index in [1.807, 2.05) is 19.1 Å². The van der Waals surface area contributed by atoms with Crippen LogP contribution in [-0.4, -0.2) is 18.1 Å². The highest BCUT2D eigenvalue weighted by molar-refractivity contribution is 6.05. The van der Waals surface area contributed by atoms with Crippen LogP contribution < -0.4 is 10.6 Å². The minimum Gasteiger partial charge on any atom is -0.506 e. The smallest absolute Gasteiger partial charge is 0.255 e. The number of hydrogen-bond donors (Lipinski definition) is 3. The first-order chi connectivity index (χ1) is 9.10. The largest absolute Gasteiger partial charge is 0.506 e. The summed E-state index contributed by atoms with van der Waals surface area (Å²) in [5.74, 6) is -0.209. The molecule has 2 aromatic carbocycles.